The summed E-state index contributed by atoms with van der Waals surface area (Å²) in [6, 6.07) is 1.98. The number of piperidine rings is 1. The average Bonchev–Trinajstić information content (AvgIpc) is 3.30. The van der Waals surface area contributed by atoms with E-state index in [1.807, 2.05) is 23.1 Å². The van der Waals surface area contributed by atoms with E-state index in [0.29, 0.717) is 17.7 Å². The third-order valence-corrected chi connectivity index (χ3v) is 5.85. The van der Waals surface area contributed by atoms with E-state index < -0.39 is 0 Å². The molecule has 1 aromatic heterocycles. The number of aromatic nitrogens is 2. The maximum atomic E-state index is 12.7. The molecule has 2 bridgehead atoms. The molecule has 2 heterocycles. The maximum absolute atomic E-state index is 12.7. The molecule has 4 nitrogen and oxygen atoms in total. The van der Waals surface area contributed by atoms with Crippen LogP contribution in [0.1, 0.15) is 32.1 Å². The van der Waals surface area contributed by atoms with Gasteiger partial charge in [-0.15, -0.1) is 0 Å². The van der Waals surface area contributed by atoms with Crippen LogP contribution in [-0.2, 0) is 11.3 Å². The summed E-state index contributed by atoms with van der Waals surface area (Å²) in [5.74, 6) is 2.69. The van der Waals surface area contributed by atoms with E-state index in [9.17, 15) is 4.79 Å². The van der Waals surface area contributed by atoms with E-state index in [1.165, 1.54) is 12.8 Å². The molecule has 0 aromatic carbocycles. The second-order valence-electron chi connectivity index (χ2n) is 7.21. The topological polar surface area (TPSA) is 38.1 Å². The van der Waals surface area contributed by atoms with Gasteiger partial charge in [0.2, 0.25) is 5.91 Å². The molecule has 1 saturated carbocycles. The van der Waals surface area contributed by atoms with E-state index in [4.69, 9.17) is 0 Å². The van der Waals surface area contributed by atoms with Gasteiger partial charge in [-0.3, -0.25) is 9.48 Å². The normalized spacial score (nSPS) is 31.1. The van der Waals surface area contributed by atoms with Crippen LogP contribution in [0.25, 0.3) is 0 Å². The fourth-order valence-electron chi connectivity index (χ4n) is 4.49. The summed E-state index contributed by atoms with van der Waals surface area (Å²) in [6.45, 7) is 2.92. The van der Waals surface area contributed by atoms with Crippen LogP contribution in [0.5, 0.6) is 0 Å². The smallest absolute Gasteiger partial charge is 0.226 e. The van der Waals surface area contributed by atoms with Crippen molar-refractivity contribution >= 4 is 5.91 Å². The molecule has 22 heavy (non-hydrogen) atoms. The summed E-state index contributed by atoms with van der Waals surface area (Å²) in [5.41, 5.74) is 0. The van der Waals surface area contributed by atoms with Crippen LogP contribution in [0.4, 0.5) is 0 Å². The van der Waals surface area contributed by atoms with Crippen LogP contribution in [0.3, 0.4) is 0 Å². The molecule has 4 heteroatoms. The van der Waals surface area contributed by atoms with E-state index in [0.717, 1.165) is 44.8 Å². The van der Waals surface area contributed by atoms with E-state index in [1.54, 1.807) is 0 Å². The number of amides is 1. The van der Waals surface area contributed by atoms with Gasteiger partial charge in [-0.25, -0.2) is 0 Å². The Kier molecular flexibility index (Phi) is 3.77. The van der Waals surface area contributed by atoms with Crippen molar-refractivity contribution in [2.75, 3.05) is 13.1 Å². The van der Waals surface area contributed by atoms with Crippen molar-refractivity contribution in [2.45, 2.75) is 38.6 Å². The highest BCUT2D eigenvalue weighted by atomic mass is 16.2. The van der Waals surface area contributed by atoms with Gasteiger partial charge in [0.1, 0.15) is 0 Å². The van der Waals surface area contributed by atoms with Gasteiger partial charge in [-0.1, -0.05) is 12.2 Å². The molecule has 4 rings (SSSR count). The first-order valence-corrected chi connectivity index (χ1v) is 8.74. The Bertz CT molecular complexity index is 543. The molecule has 2 fully saturated rings. The summed E-state index contributed by atoms with van der Waals surface area (Å²) in [7, 11) is 0. The lowest BCUT2D eigenvalue weighted by atomic mass is 9.89. The van der Waals surface area contributed by atoms with Crippen molar-refractivity contribution in [1.82, 2.24) is 14.7 Å². The van der Waals surface area contributed by atoms with Gasteiger partial charge < -0.3 is 4.90 Å². The average molecular weight is 299 g/mol. The maximum Gasteiger partial charge on any atom is 0.226 e. The minimum Gasteiger partial charge on any atom is -0.342 e. The first-order valence-electron chi connectivity index (χ1n) is 8.74. The highest BCUT2D eigenvalue weighted by Gasteiger charge is 2.41. The summed E-state index contributed by atoms with van der Waals surface area (Å²) in [5, 5.41) is 4.26. The Balaban J connectivity index is 1.25. The SMILES string of the molecule is O=C([C@@H]1C[C@@H]2C=C[C@H]1C2)N1CCC(CCn2cccn2)CC1. The Morgan fingerprint density at radius 3 is 2.68 bits per heavy atom. The first-order chi connectivity index (χ1) is 10.8. The van der Waals surface area contributed by atoms with Crippen molar-refractivity contribution in [3.63, 3.8) is 0 Å². The van der Waals surface area contributed by atoms with Gasteiger partial charge >= 0.3 is 0 Å². The highest BCUT2D eigenvalue weighted by molar-refractivity contribution is 5.80. The molecule has 1 amide bonds. The summed E-state index contributed by atoms with van der Waals surface area (Å²) >= 11 is 0. The Morgan fingerprint density at radius 1 is 1.18 bits per heavy atom. The van der Waals surface area contributed by atoms with E-state index in [2.05, 4.69) is 22.2 Å². The van der Waals surface area contributed by atoms with Gasteiger partial charge in [0.25, 0.3) is 0 Å². The lowest BCUT2D eigenvalue weighted by molar-refractivity contribution is -0.137. The van der Waals surface area contributed by atoms with Gasteiger partial charge in [-0.2, -0.15) is 5.10 Å². The third kappa shape index (κ3) is 2.71. The molecule has 118 valence electrons. The van der Waals surface area contributed by atoms with Crippen LogP contribution in [-0.4, -0.2) is 33.7 Å². The van der Waals surface area contributed by atoms with Crippen LogP contribution in [0.15, 0.2) is 30.6 Å². The zero-order valence-electron chi connectivity index (χ0n) is 13.1. The predicted molar refractivity (Wildman–Crippen MR) is 85.0 cm³/mol. The fraction of sp³-hybridized carbons (Fsp3) is 0.667. The molecule has 0 N–H and O–H groups in total. The molecule has 0 radical (unpaired) electrons. The van der Waals surface area contributed by atoms with Crippen molar-refractivity contribution in [3.8, 4) is 0 Å². The molecule has 1 saturated heterocycles. The number of fused-ring (bicyclic) bond motifs is 2. The quantitative estimate of drug-likeness (QED) is 0.802. The number of likely N-dealkylation sites (tertiary alicyclic amines) is 1. The van der Waals surface area contributed by atoms with E-state index in [-0.39, 0.29) is 5.92 Å². The number of hydrogen-bond acceptors (Lipinski definition) is 2. The number of hydrogen-bond donors (Lipinski definition) is 0. The van der Waals surface area contributed by atoms with Crippen molar-refractivity contribution in [1.29, 1.82) is 0 Å². The number of nitrogens with zero attached hydrogens (tertiary/aromatic N) is 3. The van der Waals surface area contributed by atoms with Crippen LogP contribution >= 0.6 is 0 Å². The fourth-order valence-corrected chi connectivity index (χ4v) is 4.49. The lowest BCUT2D eigenvalue weighted by Crippen LogP contribution is -2.42. The first kappa shape index (κ1) is 14.0. The second kappa shape index (κ2) is 5.90. The van der Waals surface area contributed by atoms with Gasteiger partial charge in [0.15, 0.2) is 0 Å². The number of carbonyl (C=O) groups is 1. The van der Waals surface area contributed by atoms with Crippen LogP contribution < -0.4 is 0 Å². The molecule has 0 unspecified atom stereocenters. The number of allylic oxidation sites excluding steroid dienone is 2. The minimum atomic E-state index is 0.288. The molecule has 3 aliphatic rings. The van der Waals surface area contributed by atoms with Gasteiger partial charge in [-0.05, 0) is 55.9 Å². The van der Waals surface area contributed by atoms with Gasteiger partial charge in [0.05, 0.1) is 0 Å². The Hall–Kier alpha value is -1.58. The van der Waals surface area contributed by atoms with Gasteiger partial charge in [0, 0.05) is 37.9 Å². The van der Waals surface area contributed by atoms with E-state index >= 15 is 0 Å². The van der Waals surface area contributed by atoms with Crippen molar-refractivity contribution in [3.05, 3.63) is 30.6 Å². The molecule has 3 atom stereocenters. The summed E-state index contributed by atoms with van der Waals surface area (Å²) in [6.07, 6.45) is 14.3. The molecular weight excluding hydrogens is 274 g/mol. The number of rotatable bonds is 4. The Labute approximate surface area is 132 Å². The molecular formula is C18H25N3O. The van der Waals surface area contributed by atoms with Crippen LogP contribution in [0.2, 0.25) is 0 Å². The summed E-state index contributed by atoms with van der Waals surface area (Å²) < 4.78 is 2.01. The van der Waals surface area contributed by atoms with Crippen LogP contribution in [0, 0.1) is 23.7 Å². The summed E-state index contributed by atoms with van der Waals surface area (Å²) in [4.78, 5) is 14.9. The second-order valence-corrected chi connectivity index (χ2v) is 7.21. The number of aryl methyl sites for hydroxylation is 1. The number of carbonyl (C=O) groups excluding carboxylic acids is 1. The Morgan fingerprint density at radius 2 is 2.05 bits per heavy atom. The standard InChI is InChI=1S/C18H25N3O/c22-18(17-13-15-2-3-16(17)12-15)20-9-4-14(5-10-20)6-11-21-8-1-7-19-21/h1-3,7-8,14-17H,4-6,9-13H2/t15-,16+,17-/m1/s1. The monoisotopic (exact) mass is 299 g/mol. The minimum absolute atomic E-state index is 0.288. The third-order valence-electron chi connectivity index (χ3n) is 5.85. The molecule has 2 aliphatic carbocycles. The zero-order chi connectivity index (χ0) is 14.9. The predicted octanol–water partition coefficient (Wildman–Crippen LogP) is 2.72. The molecule has 1 aliphatic heterocycles. The lowest BCUT2D eigenvalue weighted by Gasteiger charge is -2.34. The van der Waals surface area contributed by atoms with Crippen molar-refractivity contribution < 1.29 is 4.79 Å². The highest BCUT2D eigenvalue weighted by Crippen LogP contribution is 2.44. The molecule has 0 spiro atoms. The molecule has 1 aromatic rings. The van der Waals surface area contributed by atoms with Crippen molar-refractivity contribution in [2.24, 2.45) is 23.7 Å². The largest absolute Gasteiger partial charge is 0.342 e. The zero-order valence-corrected chi connectivity index (χ0v) is 13.1.